The van der Waals surface area contributed by atoms with Gasteiger partial charge in [-0.05, 0) is 0 Å². The van der Waals surface area contributed by atoms with Crippen molar-refractivity contribution in [1.82, 2.24) is 0 Å². The van der Waals surface area contributed by atoms with E-state index in [1.807, 2.05) is 0 Å². The van der Waals surface area contributed by atoms with Gasteiger partial charge in [-0.25, -0.2) is 22.0 Å². The van der Waals surface area contributed by atoms with Gasteiger partial charge in [0.25, 0.3) is 0 Å². The van der Waals surface area contributed by atoms with E-state index in [1.54, 1.807) is 6.92 Å². The average Bonchev–Trinajstić information content (AvgIpc) is 2.24. The maximum absolute atomic E-state index is 13.0. The summed E-state index contributed by atoms with van der Waals surface area (Å²) in [6.07, 6.45) is 0.672. The van der Waals surface area contributed by atoms with Crippen LogP contribution in [0.2, 0.25) is 6.04 Å². The monoisotopic (exact) mass is 240 g/mol. The van der Waals surface area contributed by atoms with Gasteiger partial charge in [0.05, 0.1) is 9.52 Å². The van der Waals surface area contributed by atoms with Crippen LogP contribution < -0.4 is 5.19 Å². The van der Waals surface area contributed by atoms with Crippen molar-refractivity contribution in [2.75, 3.05) is 0 Å². The van der Waals surface area contributed by atoms with Gasteiger partial charge in [0.1, 0.15) is 0 Å². The minimum Gasteiger partial charge on any atom is -0.204 e. The van der Waals surface area contributed by atoms with Crippen LogP contribution in [0.4, 0.5) is 22.0 Å². The van der Waals surface area contributed by atoms with E-state index in [2.05, 4.69) is 0 Å². The van der Waals surface area contributed by atoms with Crippen LogP contribution in [0.25, 0.3) is 0 Å². The minimum absolute atomic E-state index is 0.512. The van der Waals surface area contributed by atoms with E-state index in [0.717, 1.165) is 0 Å². The van der Waals surface area contributed by atoms with E-state index in [9.17, 15) is 22.0 Å². The van der Waals surface area contributed by atoms with Gasteiger partial charge in [-0.2, -0.15) is 0 Å². The predicted octanol–water partition coefficient (Wildman–Crippen LogP) is 2.00. The number of hydrogen-bond acceptors (Lipinski definition) is 0. The lowest BCUT2D eigenvalue weighted by Gasteiger charge is -2.06. The van der Waals surface area contributed by atoms with Crippen molar-refractivity contribution < 1.29 is 22.0 Å². The van der Waals surface area contributed by atoms with Crippen LogP contribution in [0.3, 0.4) is 0 Å². The van der Waals surface area contributed by atoms with Crippen LogP contribution in [-0.4, -0.2) is 9.52 Å². The lowest BCUT2D eigenvalue weighted by molar-refractivity contribution is 0.384. The summed E-state index contributed by atoms with van der Waals surface area (Å²) in [7, 11) is -1.42. The fourth-order valence-corrected chi connectivity index (χ4v) is 2.68. The highest BCUT2D eigenvalue weighted by atomic mass is 28.2. The second-order valence-corrected chi connectivity index (χ2v) is 5.07. The molecule has 0 aliphatic heterocycles. The number of hydrogen-bond donors (Lipinski definition) is 0. The first kappa shape index (κ1) is 12.2. The molecular formula is C9H9F5Si. The molecule has 6 heteroatoms. The Bertz CT molecular complexity index is 348. The summed E-state index contributed by atoms with van der Waals surface area (Å²) in [5.41, 5.74) is 0. The maximum Gasteiger partial charge on any atom is 0.200 e. The minimum atomic E-state index is -2.08. The van der Waals surface area contributed by atoms with Gasteiger partial charge in [0.2, 0.25) is 5.82 Å². The van der Waals surface area contributed by atoms with Crippen molar-refractivity contribution in [3.05, 3.63) is 29.1 Å². The van der Waals surface area contributed by atoms with Crippen LogP contribution in [0, 0.1) is 29.1 Å². The molecule has 0 N–H and O–H groups in total. The molecular weight excluding hydrogens is 231 g/mol. The summed E-state index contributed by atoms with van der Waals surface area (Å²) >= 11 is 0. The topological polar surface area (TPSA) is 0 Å². The molecule has 0 fully saturated rings. The Balaban J connectivity index is 3.26. The van der Waals surface area contributed by atoms with Gasteiger partial charge in [0.15, 0.2) is 23.3 Å². The standard InChI is InChI=1S/C9H9F5Si/c1-2-3-15-9-7(13)5(11)4(10)6(12)8(9)14/h2-3,15H2,1H3. The summed E-state index contributed by atoms with van der Waals surface area (Å²) in [4.78, 5) is 0. The molecule has 0 saturated heterocycles. The lowest BCUT2D eigenvalue weighted by atomic mass is 10.3. The van der Waals surface area contributed by atoms with Crippen LogP contribution >= 0.6 is 0 Å². The molecule has 0 spiro atoms. The van der Waals surface area contributed by atoms with Gasteiger partial charge in [-0.15, -0.1) is 0 Å². The highest BCUT2D eigenvalue weighted by molar-refractivity contribution is 6.53. The SMILES string of the molecule is CCC[SiH2]c1c(F)c(F)c(F)c(F)c1F. The molecule has 0 aromatic heterocycles. The third kappa shape index (κ3) is 2.19. The van der Waals surface area contributed by atoms with Gasteiger partial charge in [-0.1, -0.05) is 19.4 Å². The molecule has 0 bridgehead atoms. The van der Waals surface area contributed by atoms with E-state index in [0.29, 0.717) is 12.5 Å². The van der Waals surface area contributed by atoms with Crippen molar-refractivity contribution in [2.24, 2.45) is 0 Å². The summed E-state index contributed by atoms with van der Waals surface area (Å²) < 4.78 is 64.1. The molecule has 1 aromatic rings. The van der Waals surface area contributed by atoms with E-state index in [1.165, 1.54) is 0 Å². The van der Waals surface area contributed by atoms with Gasteiger partial charge in [-0.3, -0.25) is 0 Å². The highest BCUT2D eigenvalue weighted by Crippen LogP contribution is 2.15. The lowest BCUT2D eigenvalue weighted by Crippen LogP contribution is -2.27. The fourth-order valence-electron chi connectivity index (χ4n) is 1.22. The zero-order chi connectivity index (χ0) is 11.6. The van der Waals surface area contributed by atoms with E-state index < -0.39 is 43.8 Å². The number of rotatable bonds is 3. The first-order chi connectivity index (χ1) is 7.00. The van der Waals surface area contributed by atoms with Crippen LogP contribution in [0.5, 0.6) is 0 Å². The average molecular weight is 240 g/mol. The van der Waals surface area contributed by atoms with E-state index >= 15 is 0 Å². The smallest absolute Gasteiger partial charge is 0.200 e. The molecule has 0 aliphatic rings. The quantitative estimate of drug-likeness (QED) is 0.328. The van der Waals surface area contributed by atoms with Crippen molar-refractivity contribution in [3.8, 4) is 0 Å². The van der Waals surface area contributed by atoms with Crippen LogP contribution in [-0.2, 0) is 0 Å². The Morgan fingerprint density at radius 2 is 1.20 bits per heavy atom. The molecule has 1 aromatic carbocycles. The second-order valence-electron chi connectivity index (χ2n) is 3.15. The molecule has 0 saturated carbocycles. The molecule has 0 atom stereocenters. The zero-order valence-corrected chi connectivity index (χ0v) is 9.43. The molecule has 15 heavy (non-hydrogen) atoms. The highest BCUT2D eigenvalue weighted by Gasteiger charge is 2.24. The second kappa shape index (κ2) is 4.74. The molecule has 0 heterocycles. The number of halogens is 5. The normalized spacial score (nSPS) is 11.6. The van der Waals surface area contributed by atoms with Crippen molar-refractivity contribution in [3.63, 3.8) is 0 Å². The first-order valence-corrected chi connectivity index (χ1v) is 6.21. The molecule has 0 radical (unpaired) electrons. The number of benzene rings is 1. The molecule has 0 aliphatic carbocycles. The predicted molar refractivity (Wildman–Crippen MR) is 49.5 cm³/mol. The van der Waals surface area contributed by atoms with Gasteiger partial charge < -0.3 is 0 Å². The Morgan fingerprint density at radius 3 is 1.60 bits per heavy atom. The fraction of sp³-hybridized carbons (Fsp3) is 0.333. The molecule has 84 valence electrons. The summed E-state index contributed by atoms with van der Waals surface area (Å²) in [5, 5.41) is -0.590. The Morgan fingerprint density at radius 1 is 0.800 bits per heavy atom. The largest absolute Gasteiger partial charge is 0.204 e. The molecule has 0 nitrogen and oxygen atoms in total. The summed E-state index contributed by atoms with van der Waals surface area (Å²) in [6.45, 7) is 1.79. The van der Waals surface area contributed by atoms with Gasteiger partial charge >= 0.3 is 0 Å². The van der Waals surface area contributed by atoms with Crippen LogP contribution in [0.15, 0.2) is 0 Å². The Hall–Kier alpha value is -0.913. The van der Waals surface area contributed by atoms with Gasteiger partial charge in [0, 0.05) is 5.19 Å². The zero-order valence-electron chi connectivity index (χ0n) is 8.01. The summed E-state index contributed by atoms with van der Waals surface area (Å²) in [5.74, 6) is -9.09. The third-order valence-electron chi connectivity index (χ3n) is 2.08. The molecule has 1 rings (SSSR count). The molecule has 0 unspecified atom stereocenters. The summed E-state index contributed by atoms with van der Waals surface area (Å²) in [6, 6.07) is 0.512. The van der Waals surface area contributed by atoms with Crippen molar-refractivity contribution >= 4 is 14.7 Å². The van der Waals surface area contributed by atoms with Crippen molar-refractivity contribution in [2.45, 2.75) is 19.4 Å². The van der Waals surface area contributed by atoms with Crippen LogP contribution in [0.1, 0.15) is 13.3 Å². The molecule has 0 amide bonds. The Labute approximate surface area is 85.9 Å². The Kier molecular flexibility index (Phi) is 3.84. The third-order valence-corrected chi connectivity index (χ3v) is 4.26. The first-order valence-electron chi connectivity index (χ1n) is 4.51. The van der Waals surface area contributed by atoms with E-state index in [-0.39, 0.29) is 0 Å². The maximum atomic E-state index is 13.0. The van der Waals surface area contributed by atoms with Crippen molar-refractivity contribution in [1.29, 1.82) is 0 Å². The van der Waals surface area contributed by atoms with E-state index in [4.69, 9.17) is 0 Å².